The van der Waals surface area contributed by atoms with Gasteiger partial charge in [-0.25, -0.2) is 0 Å². The van der Waals surface area contributed by atoms with Crippen LogP contribution in [0.25, 0.3) is 0 Å². The Hall–Kier alpha value is 0.460. The Balaban J connectivity index is 0. The molecule has 0 amide bonds. The molecule has 0 saturated carbocycles. The highest BCUT2D eigenvalue weighted by Gasteiger charge is 2.28. The van der Waals surface area contributed by atoms with Crippen LogP contribution in [0.4, 0.5) is 0 Å². The van der Waals surface area contributed by atoms with Gasteiger partial charge in [0.15, 0.2) is 0 Å². The predicted octanol–water partition coefficient (Wildman–Crippen LogP) is 0.508. The van der Waals surface area contributed by atoms with Gasteiger partial charge < -0.3 is 10.5 Å². The van der Waals surface area contributed by atoms with Gasteiger partial charge in [0.1, 0.15) is 0 Å². The summed E-state index contributed by atoms with van der Waals surface area (Å²) in [5.74, 6) is 0. The van der Waals surface area contributed by atoms with E-state index in [0.717, 1.165) is 19.6 Å². The van der Waals surface area contributed by atoms with Gasteiger partial charge in [0.05, 0.1) is 6.10 Å². The smallest absolute Gasteiger partial charge is 0.0861 e. The molecule has 0 aromatic rings. The van der Waals surface area contributed by atoms with Gasteiger partial charge in [-0.1, -0.05) is 6.92 Å². The molecule has 1 rings (SSSR count). The molecular weight excluding hydrogens is 199 g/mol. The fraction of sp³-hybridized carbons (Fsp3) is 1.00. The first-order chi connectivity index (χ1) is 4.77. The van der Waals surface area contributed by atoms with Gasteiger partial charge in [-0.3, -0.25) is 4.90 Å². The fourth-order valence-electron chi connectivity index (χ4n) is 1.39. The van der Waals surface area contributed by atoms with E-state index in [1.807, 2.05) is 0 Å². The predicted molar refractivity (Wildman–Crippen MR) is 55.4 cm³/mol. The van der Waals surface area contributed by atoms with Crippen LogP contribution in [0.5, 0.6) is 0 Å². The monoisotopic (exact) mass is 216 g/mol. The van der Waals surface area contributed by atoms with Crippen LogP contribution in [0.2, 0.25) is 0 Å². The highest BCUT2D eigenvalue weighted by molar-refractivity contribution is 5.85. The standard InChI is InChI=1S/C7H16N2O.2ClH/c1-3-9-4-6(8)7(5-9)10-2;;/h6-7H,3-5,8H2,1-2H3;2*1H/t6-,7-;;/m1../s1. The summed E-state index contributed by atoms with van der Waals surface area (Å²) in [5.41, 5.74) is 5.79. The Bertz CT molecular complexity index is 116. The number of halogens is 2. The lowest BCUT2D eigenvalue weighted by molar-refractivity contribution is 0.0988. The van der Waals surface area contributed by atoms with Crippen molar-refractivity contribution in [2.45, 2.75) is 19.1 Å². The number of likely N-dealkylation sites (tertiary alicyclic amines) is 1. The van der Waals surface area contributed by atoms with E-state index in [1.54, 1.807) is 7.11 Å². The minimum Gasteiger partial charge on any atom is -0.378 e. The first-order valence-electron chi connectivity index (χ1n) is 3.78. The van der Waals surface area contributed by atoms with Crippen molar-refractivity contribution in [3.8, 4) is 0 Å². The summed E-state index contributed by atoms with van der Waals surface area (Å²) >= 11 is 0. The van der Waals surface area contributed by atoms with Gasteiger partial charge in [0.25, 0.3) is 0 Å². The van der Waals surface area contributed by atoms with E-state index in [4.69, 9.17) is 10.5 Å². The summed E-state index contributed by atoms with van der Waals surface area (Å²) in [6.07, 6.45) is 0.250. The molecule has 0 radical (unpaired) electrons. The van der Waals surface area contributed by atoms with E-state index >= 15 is 0 Å². The first kappa shape index (κ1) is 15.0. The maximum absolute atomic E-state index is 5.79. The molecule has 0 aromatic carbocycles. The van der Waals surface area contributed by atoms with Gasteiger partial charge in [0, 0.05) is 26.2 Å². The number of rotatable bonds is 2. The lowest BCUT2D eigenvalue weighted by Gasteiger charge is -2.11. The molecule has 5 heteroatoms. The normalized spacial score (nSPS) is 29.2. The van der Waals surface area contributed by atoms with Crippen molar-refractivity contribution >= 4 is 24.8 Å². The molecule has 76 valence electrons. The molecule has 0 spiro atoms. The molecule has 0 bridgehead atoms. The van der Waals surface area contributed by atoms with Crippen molar-refractivity contribution in [1.82, 2.24) is 4.90 Å². The van der Waals surface area contributed by atoms with Gasteiger partial charge >= 0.3 is 0 Å². The van der Waals surface area contributed by atoms with Crippen LogP contribution >= 0.6 is 24.8 Å². The molecular formula is C7H18Cl2N2O. The van der Waals surface area contributed by atoms with Crippen LogP contribution in [-0.4, -0.2) is 43.8 Å². The molecule has 3 nitrogen and oxygen atoms in total. The molecule has 2 N–H and O–H groups in total. The zero-order valence-electron chi connectivity index (χ0n) is 7.53. The quantitative estimate of drug-likeness (QED) is 0.732. The average Bonchev–Trinajstić information content (AvgIpc) is 2.30. The maximum Gasteiger partial charge on any atom is 0.0861 e. The highest BCUT2D eigenvalue weighted by atomic mass is 35.5. The molecule has 2 atom stereocenters. The first-order valence-corrected chi connectivity index (χ1v) is 3.78. The van der Waals surface area contributed by atoms with E-state index in [-0.39, 0.29) is 37.0 Å². The summed E-state index contributed by atoms with van der Waals surface area (Å²) in [4.78, 5) is 2.30. The minimum atomic E-state index is 0. The van der Waals surface area contributed by atoms with Gasteiger partial charge in [-0.15, -0.1) is 24.8 Å². The molecule has 1 aliphatic heterocycles. The molecule has 12 heavy (non-hydrogen) atoms. The Labute approximate surface area is 86.4 Å². The van der Waals surface area contributed by atoms with Crippen molar-refractivity contribution < 1.29 is 4.74 Å². The van der Waals surface area contributed by atoms with Crippen LogP contribution < -0.4 is 5.73 Å². The second-order valence-corrected chi connectivity index (χ2v) is 2.79. The zero-order valence-corrected chi connectivity index (χ0v) is 9.16. The number of methoxy groups -OCH3 is 1. The Kier molecular flexibility index (Phi) is 8.63. The largest absolute Gasteiger partial charge is 0.378 e. The summed E-state index contributed by atoms with van der Waals surface area (Å²) in [5, 5.41) is 0. The Morgan fingerprint density at radius 1 is 1.42 bits per heavy atom. The van der Waals surface area contributed by atoms with Crippen LogP contribution in [0.3, 0.4) is 0 Å². The summed E-state index contributed by atoms with van der Waals surface area (Å²) in [6, 6.07) is 0.213. The third-order valence-electron chi connectivity index (χ3n) is 2.13. The van der Waals surface area contributed by atoms with Crippen molar-refractivity contribution in [1.29, 1.82) is 0 Å². The van der Waals surface area contributed by atoms with Crippen molar-refractivity contribution in [2.24, 2.45) is 5.73 Å². The maximum atomic E-state index is 5.79. The number of nitrogens with zero attached hydrogens (tertiary/aromatic N) is 1. The van der Waals surface area contributed by atoms with E-state index in [9.17, 15) is 0 Å². The Morgan fingerprint density at radius 2 is 2.00 bits per heavy atom. The number of hydrogen-bond donors (Lipinski definition) is 1. The molecule has 0 unspecified atom stereocenters. The Morgan fingerprint density at radius 3 is 2.25 bits per heavy atom. The topological polar surface area (TPSA) is 38.5 Å². The summed E-state index contributed by atoms with van der Waals surface area (Å²) in [6.45, 7) is 5.20. The van der Waals surface area contributed by atoms with E-state index in [2.05, 4.69) is 11.8 Å². The number of nitrogens with two attached hydrogens (primary N) is 1. The van der Waals surface area contributed by atoms with E-state index in [1.165, 1.54) is 0 Å². The van der Waals surface area contributed by atoms with Crippen LogP contribution in [0, 0.1) is 0 Å². The van der Waals surface area contributed by atoms with Gasteiger partial charge in [-0.05, 0) is 6.54 Å². The molecule has 1 saturated heterocycles. The lowest BCUT2D eigenvalue weighted by atomic mass is 10.2. The van der Waals surface area contributed by atoms with Crippen molar-refractivity contribution in [3.63, 3.8) is 0 Å². The van der Waals surface area contributed by atoms with E-state index in [0.29, 0.717) is 0 Å². The van der Waals surface area contributed by atoms with Gasteiger partial charge in [0.2, 0.25) is 0 Å². The molecule has 0 aromatic heterocycles. The molecule has 1 aliphatic rings. The minimum absolute atomic E-state index is 0. The van der Waals surface area contributed by atoms with Crippen LogP contribution in [0.1, 0.15) is 6.92 Å². The lowest BCUT2D eigenvalue weighted by Crippen LogP contribution is -2.34. The zero-order chi connectivity index (χ0) is 7.56. The number of hydrogen-bond acceptors (Lipinski definition) is 3. The van der Waals surface area contributed by atoms with Crippen molar-refractivity contribution in [3.05, 3.63) is 0 Å². The van der Waals surface area contributed by atoms with Crippen LogP contribution in [0.15, 0.2) is 0 Å². The third-order valence-corrected chi connectivity index (χ3v) is 2.13. The second-order valence-electron chi connectivity index (χ2n) is 2.79. The van der Waals surface area contributed by atoms with Crippen LogP contribution in [-0.2, 0) is 4.74 Å². The molecule has 0 aliphatic carbocycles. The molecule has 1 fully saturated rings. The number of ether oxygens (including phenoxy) is 1. The SMILES string of the molecule is CCN1C[C@@H](N)[C@H](OC)C1.Cl.Cl. The summed E-state index contributed by atoms with van der Waals surface area (Å²) < 4.78 is 5.19. The highest BCUT2D eigenvalue weighted by Crippen LogP contribution is 2.09. The van der Waals surface area contributed by atoms with Crippen molar-refractivity contribution in [2.75, 3.05) is 26.7 Å². The summed E-state index contributed by atoms with van der Waals surface area (Å²) in [7, 11) is 1.73. The average molecular weight is 217 g/mol. The van der Waals surface area contributed by atoms with E-state index < -0.39 is 0 Å². The third kappa shape index (κ3) is 3.46. The second kappa shape index (κ2) is 6.92. The number of likely N-dealkylation sites (N-methyl/N-ethyl adjacent to an activating group) is 1. The van der Waals surface area contributed by atoms with Gasteiger partial charge in [-0.2, -0.15) is 0 Å². The fourth-order valence-corrected chi connectivity index (χ4v) is 1.39. The molecule has 1 heterocycles.